The minimum Gasteiger partial charge on any atom is -0.309 e. The topological polar surface area (TPSA) is 76.9 Å². The van der Waals surface area contributed by atoms with Crippen molar-refractivity contribution in [1.82, 2.24) is 19.5 Å². The first-order chi connectivity index (χ1) is 13.0. The molecule has 0 unspecified atom stereocenters. The number of benzene rings is 2. The number of aromatic nitrogens is 3. The molecular formula is C19H22N4O2S2. The molecule has 142 valence electrons. The summed E-state index contributed by atoms with van der Waals surface area (Å²) >= 11 is 1.61. The zero-order chi connectivity index (χ0) is 19.3. The van der Waals surface area contributed by atoms with Crippen molar-refractivity contribution >= 4 is 21.8 Å². The van der Waals surface area contributed by atoms with Gasteiger partial charge in [0.25, 0.3) is 0 Å². The highest BCUT2D eigenvalue weighted by Crippen LogP contribution is 2.21. The van der Waals surface area contributed by atoms with Crippen molar-refractivity contribution in [3.8, 4) is 0 Å². The van der Waals surface area contributed by atoms with E-state index in [1.165, 1.54) is 5.56 Å². The Morgan fingerprint density at radius 2 is 1.74 bits per heavy atom. The average molecular weight is 403 g/mol. The Kier molecular flexibility index (Phi) is 6.30. The van der Waals surface area contributed by atoms with Crippen molar-refractivity contribution in [3.05, 3.63) is 71.5 Å². The lowest BCUT2D eigenvalue weighted by Crippen LogP contribution is -2.26. The minimum absolute atomic E-state index is 0.269. The van der Waals surface area contributed by atoms with Crippen LogP contribution in [0, 0.1) is 6.92 Å². The lowest BCUT2D eigenvalue weighted by Gasteiger charge is -2.07. The zero-order valence-corrected chi connectivity index (χ0v) is 16.9. The summed E-state index contributed by atoms with van der Waals surface area (Å²) in [5.41, 5.74) is 2.24. The van der Waals surface area contributed by atoms with E-state index in [-0.39, 0.29) is 11.4 Å². The SMILES string of the molecule is Cc1ccc(S(=O)(=O)NCCc2nnc(SCc3ccccc3)n2C)cc1. The van der Waals surface area contributed by atoms with Crippen molar-refractivity contribution < 1.29 is 8.42 Å². The number of rotatable bonds is 8. The van der Waals surface area contributed by atoms with Gasteiger partial charge in [-0.3, -0.25) is 0 Å². The largest absolute Gasteiger partial charge is 0.309 e. The molecule has 1 aromatic heterocycles. The van der Waals surface area contributed by atoms with Gasteiger partial charge in [-0.1, -0.05) is 59.8 Å². The molecule has 3 aromatic rings. The summed E-state index contributed by atoms with van der Waals surface area (Å²) in [6.45, 7) is 2.19. The first-order valence-electron chi connectivity index (χ1n) is 8.57. The molecule has 0 atom stereocenters. The maximum Gasteiger partial charge on any atom is 0.240 e. The Morgan fingerprint density at radius 3 is 2.44 bits per heavy atom. The number of hydrogen-bond donors (Lipinski definition) is 1. The van der Waals surface area contributed by atoms with Crippen LogP contribution in [0.1, 0.15) is 17.0 Å². The van der Waals surface area contributed by atoms with Gasteiger partial charge in [0.1, 0.15) is 5.82 Å². The lowest BCUT2D eigenvalue weighted by atomic mass is 10.2. The van der Waals surface area contributed by atoms with Crippen LogP contribution in [-0.2, 0) is 29.2 Å². The number of thioether (sulfide) groups is 1. The van der Waals surface area contributed by atoms with E-state index in [2.05, 4.69) is 27.1 Å². The van der Waals surface area contributed by atoms with Crippen LogP contribution >= 0.6 is 11.8 Å². The van der Waals surface area contributed by atoms with E-state index in [9.17, 15) is 8.42 Å². The highest BCUT2D eigenvalue weighted by atomic mass is 32.2. The molecule has 0 radical (unpaired) electrons. The highest BCUT2D eigenvalue weighted by Gasteiger charge is 2.15. The molecule has 27 heavy (non-hydrogen) atoms. The Morgan fingerprint density at radius 1 is 1.04 bits per heavy atom. The van der Waals surface area contributed by atoms with Gasteiger partial charge in [0.2, 0.25) is 10.0 Å². The first-order valence-corrected chi connectivity index (χ1v) is 11.0. The van der Waals surface area contributed by atoms with Gasteiger partial charge in [-0.05, 0) is 24.6 Å². The van der Waals surface area contributed by atoms with Gasteiger partial charge in [0.05, 0.1) is 4.90 Å². The van der Waals surface area contributed by atoms with Crippen LogP contribution in [0.4, 0.5) is 0 Å². The normalized spacial score (nSPS) is 11.6. The molecular weight excluding hydrogens is 380 g/mol. The standard InChI is InChI=1S/C19H22N4O2S2/c1-15-8-10-17(11-9-15)27(24,25)20-13-12-18-21-22-19(23(18)2)26-14-16-6-4-3-5-7-16/h3-11,20H,12-14H2,1-2H3. The van der Waals surface area contributed by atoms with Crippen LogP contribution in [0.25, 0.3) is 0 Å². The van der Waals surface area contributed by atoms with Gasteiger partial charge in [0.15, 0.2) is 5.16 Å². The fourth-order valence-electron chi connectivity index (χ4n) is 2.51. The number of sulfonamides is 1. The summed E-state index contributed by atoms with van der Waals surface area (Å²) in [5.74, 6) is 1.56. The summed E-state index contributed by atoms with van der Waals surface area (Å²) in [6.07, 6.45) is 0.473. The molecule has 8 heteroatoms. The smallest absolute Gasteiger partial charge is 0.240 e. The van der Waals surface area contributed by atoms with Crippen molar-refractivity contribution in [2.24, 2.45) is 7.05 Å². The second-order valence-corrected chi connectivity index (χ2v) is 8.90. The molecule has 0 saturated carbocycles. The van der Waals surface area contributed by atoms with E-state index in [0.29, 0.717) is 6.42 Å². The van der Waals surface area contributed by atoms with Gasteiger partial charge in [-0.2, -0.15) is 0 Å². The predicted molar refractivity (Wildman–Crippen MR) is 107 cm³/mol. The second kappa shape index (κ2) is 8.69. The molecule has 0 bridgehead atoms. The Bertz CT molecular complexity index is 984. The summed E-state index contributed by atoms with van der Waals surface area (Å²) in [4.78, 5) is 0.269. The molecule has 1 heterocycles. The van der Waals surface area contributed by atoms with Crippen molar-refractivity contribution in [2.75, 3.05) is 6.54 Å². The van der Waals surface area contributed by atoms with E-state index in [0.717, 1.165) is 22.3 Å². The molecule has 0 aliphatic carbocycles. The minimum atomic E-state index is -3.51. The van der Waals surface area contributed by atoms with Crippen molar-refractivity contribution in [2.45, 2.75) is 29.1 Å². The van der Waals surface area contributed by atoms with Gasteiger partial charge >= 0.3 is 0 Å². The Labute approximate surface area is 164 Å². The Balaban J connectivity index is 1.55. The van der Waals surface area contributed by atoms with E-state index in [4.69, 9.17) is 0 Å². The summed E-state index contributed by atoms with van der Waals surface area (Å²) in [6, 6.07) is 17.0. The van der Waals surface area contributed by atoms with E-state index < -0.39 is 10.0 Å². The number of aryl methyl sites for hydroxylation is 1. The molecule has 1 N–H and O–H groups in total. The van der Waals surface area contributed by atoms with Crippen molar-refractivity contribution in [3.63, 3.8) is 0 Å². The predicted octanol–water partition coefficient (Wildman–Crippen LogP) is 2.94. The maximum atomic E-state index is 12.3. The van der Waals surface area contributed by atoms with Gasteiger partial charge in [0, 0.05) is 25.8 Å². The van der Waals surface area contributed by atoms with Gasteiger partial charge in [-0.15, -0.1) is 10.2 Å². The fraction of sp³-hybridized carbons (Fsp3) is 0.263. The maximum absolute atomic E-state index is 12.3. The van der Waals surface area contributed by atoms with Crippen LogP contribution in [0.15, 0.2) is 64.6 Å². The fourth-order valence-corrected chi connectivity index (χ4v) is 4.43. The molecule has 0 aliphatic rings. The molecule has 0 aliphatic heterocycles. The molecule has 0 amide bonds. The molecule has 2 aromatic carbocycles. The van der Waals surface area contributed by atoms with Crippen LogP contribution in [0.5, 0.6) is 0 Å². The number of nitrogens with zero attached hydrogens (tertiary/aromatic N) is 3. The van der Waals surface area contributed by atoms with Crippen LogP contribution in [-0.4, -0.2) is 29.7 Å². The third-order valence-electron chi connectivity index (χ3n) is 4.11. The van der Waals surface area contributed by atoms with Crippen LogP contribution < -0.4 is 4.72 Å². The molecule has 3 rings (SSSR count). The molecule has 0 spiro atoms. The third-order valence-corrected chi connectivity index (χ3v) is 6.68. The first kappa shape index (κ1) is 19.6. The van der Waals surface area contributed by atoms with Gasteiger partial charge in [-0.25, -0.2) is 13.1 Å². The molecule has 6 nitrogen and oxygen atoms in total. The molecule has 0 saturated heterocycles. The summed E-state index contributed by atoms with van der Waals surface area (Å²) < 4.78 is 29.2. The summed E-state index contributed by atoms with van der Waals surface area (Å²) in [7, 11) is -1.61. The number of nitrogens with one attached hydrogen (secondary N) is 1. The van der Waals surface area contributed by atoms with Gasteiger partial charge < -0.3 is 4.57 Å². The van der Waals surface area contributed by atoms with E-state index in [1.807, 2.05) is 36.7 Å². The molecule has 0 fully saturated rings. The highest BCUT2D eigenvalue weighted by molar-refractivity contribution is 7.98. The van der Waals surface area contributed by atoms with Crippen molar-refractivity contribution in [1.29, 1.82) is 0 Å². The third kappa shape index (κ3) is 5.18. The second-order valence-electron chi connectivity index (χ2n) is 6.19. The zero-order valence-electron chi connectivity index (χ0n) is 15.3. The average Bonchev–Trinajstić information content (AvgIpc) is 3.01. The van der Waals surface area contributed by atoms with E-state index >= 15 is 0 Å². The summed E-state index contributed by atoms with van der Waals surface area (Å²) in [5, 5.41) is 9.22. The number of hydrogen-bond acceptors (Lipinski definition) is 5. The van der Waals surface area contributed by atoms with E-state index in [1.54, 1.807) is 36.0 Å². The quantitative estimate of drug-likeness (QED) is 0.586. The van der Waals surface area contributed by atoms with Crippen LogP contribution in [0.3, 0.4) is 0 Å². The van der Waals surface area contributed by atoms with Crippen LogP contribution in [0.2, 0.25) is 0 Å². The Hall–Kier alpha value is -2.16. The lowest BCUT2D eigenvalue weighted by molar-refractivity contribution is 0.579. The monoisotopic (exact) mass is 402 g/mol.